The number of nitrogens with two attached hydrogens (primary N) is 1. The van der Waals surface area contributed by atoms with Crippen molar-refractivity contribution in [2.75, 3.05) is 13.2 Å². The number of piperidine rings is 1. The van der Waals surface area contributed by atoms with Crippen molar-refractivity contribution in [1.82, 2.24) is 5.32 Å². The number of carbonyl (C=O) groups is 1. The van der Waals surface area contributed by atoms with Gasteiger partial charge in [0.1, 0.15) is 5.75 Å². The van der Waals surface area contributed by atoms with Crippen LogP contribution in [0.2, 0.25) is 0 Å². The smallest absolute Gasteiger partial charge is 0.234 e. The zero-order valence-corrected chi connectivity index (χ0v) is 11.2. The molecule has 19 heavy (non-hydrogen) atoms. The molecule has 1 aromatic rings. The van der Waals surface area contributed by atoms with Crippen LogP contribution in [-0.4, -0.2) is 25.1 Å². The Labute approximate surface area is 114 Å². The van der Waals surface area contributed by atoms with Crippen LogP contribution in [0.5, 0.6) is 5.75 Å². The van der Waals surface area contributed by atoms with Gasteiger partial charge in [-0.05, 0) is 50.3 Å². The largest absolute Gasteiger partial charge is 0.494 e. The van der Waals surface area contributed by atoms with Crippen molar-refractivity contribution in [3.63, 3.8) is 0 Å². The maximum absolute atomic E-state index is 11.1. The zero-order chi connectivity index (χ0) is 13.5. The number of rotatable bonds is 6. The van der Waals surface area contributed by atoms with Gasteiger partial charge in [-0.15, -0.1) is 0 Å². The summed E-state index contributed by atoms with van der Waals surface area (Å²) < 4.78 is 5.66. The van der Waals surface area contributed by atoms with Crippen LogP contribution in [0.4, 0.5) is 0 Å². The van der Waals surface area contributed by atoms with Crippen LogP contribution >= 0.6 is 0 Å². The van der Waals surface area contributed by atoms with Gasteiger partial charge in [0.15, 0.2) is 0 Å². The van der Waals surface area contributed by atoms with Crippen LogP contribution < -0.4 is 15.8 Å². The van der Waals surface area contributed by atoms with Crippen molar-refractivity contribution in [3.8, 4) is 5.75 Å². The second-order valence-electron chi connectivity index (χ2n) is 5.10. The van der Waals surface area contributed by atoms with Gasteiger partial charge in [-0.1, -0.05) is 18.2 Å². The fourth-order valence-electron chi connectivity index (χ4n) is 2.55. The average Bonchev–Trinajstić information content (AvgIpc) is 2.45. The van der Waals surface area contributed by atoms with Crippen molar-refractivity contribution in [2.24, 2.45) is 11.7 Å². The lowest BCUT2D eigenvalue weighted by Crippen LogP contribution is -2.46. The SMILES string of the molecule is NC(=O)C1CC(CCCOc2ccccc2)CCN1. The molecule has 1 aromatic carbocycles. The van der Waals surface area contributed by atoms with Gasteiger partial charge in [0, 0.05) is 0 Å². The Kier molecular flexibility index (Phi) is 5.21. The third kappa shape index (κ3) is 4.56. The van der Waals surface area contributed by atoms with E-state index in [0.29, 0.717) is 5.92 Å². The average molecular weight is 262 g/mol. The van der Waals surface area contributed by atoms with Crippen molar-refractivity contribution < 1.29 is 9.53 Å². The van der Waals surface area contributed by atoms with Crippen LogP contribution in [0, 0.1) is 5.92 Å². The molecule has 0 bridgehead atoms. The van der Waals surface area contributed by atoms with Crippen LogP contribution in [0.3, 0.4) is 0 Å². The molecule has 0 spiro atoms. The molecule has 2 rings (SSSR count). The van der Waals surface area contributed by atoms with Crippen molar-refractivity contribution in [3.05, 3.63) is 30.3 Å². The zero-order valence-electron chi connectivity index (χ0n) is 11.2. The van der Waals surface area contributed by atoms with E-state index in [0.717, 1.165) is 44.6 Å². The molecule has 2 atom stereocenters. The molecule has 1 fully saturated rings. The second-order valence-corrected chi connectivity index (χ2v) is 5.10. The molecule has 4 nitrogen and oxygen atoms in total. The van der Waals surface area contributed by atoms with Crippen LogP contribution in [0.1, 0.15) is 25.7 Å². The van der Waals surface area contributed by atoms with E-state index in [2.05, 4.69) is 5.32 Å². The Balaban J connectivity index is 1.64. The minimum absolute atomic E-state index is 0.145. The highest BCUT2D eigenvalue weighted by Crippen LogP contribution is 2.21. The number of amides is 1. The highest BCUT2D eigenvalue weighted by molar-refractivity contribution is 5.79. The lowest BCUT2D eigenvalue weighted by atomic mass is 9.88. The fourth-order valence-corrected chi connectivity index (χ4v) is 2.55. The van der Waals surface area contributed by atoms with Crippen molar-refractivity contribution >= 4 is 5.91 Å². The predicted octanol–water partition coefficient (Wildman–Crippen LogP) is 1.70. The molecule has 1 amide bonds. The van der Waals surface area contributed by atoms with E-state index in [1.807, 2.05) is 30.3 Å². The number of hydrogen-bond acceptors (Lipinski definition) is 3. The number of hydrogen-bond donors (Lipinski definition) is 2. The van der Waals surface area contributed by atoms with Gasteiger partial charge in [0.05, 0.1) is 12.6 Å². The maximum Gasteiger partial charge on any atom is 0.234 e. The fraction of sp³-hybridized carbons (Fsp3) is 0.533. The van der Waals surface area contributed by atoms with Crippen molar-refractivity contribution in [1.29, 1.82) is 0 Å². The number of benzene rings is 1. The maximum atomic E-state index is 11.1. The van der Waals surface area contributed by atoms with E-state index in [4.69, 9.17) is 10.5 Å². The monoisotopic (exact) mass is 262 g/mol. The van der Waals surface area contributed by atoms with Crippen LogP contribution in [0.25, 0.3) is 0 Å². The first-order valence-corrected chi connectivity index (χ1v) is 6.96. The summed E-state index contributed by atoms with van der Waals surface area (Å²) in [6, 6.07) is 9.71. The predicted molar refractivity (Wildman–Crippen MR) is 74.9 cm³/mol. The minimum Gasteiger partial charge on any atom is -0.494 e. The summed E-state index contributed by atoms with van der Waals surface area (Å²) >= 11 is 0. The normalized spacial score (nSPS) is 22.9. The topological polar surface area (TPSA) is 64.4 Å². The number of primary amides is 1. The van der Waals surface area contributed by atoms with E-state index in [-0.39, 0.29) is 11.9 Å². The van der Waals surface area contributed by atoms with Gasteiger partial charge >= 0.3 is 0 Å². The summed E-state index contributed by atoms with van der Waals surface area (Å²) in [5, 5.41) is 3.16. The van der Waals surface area contributed by atoms with E-state index in [1.54, 1.807) is 0 Å². The molecule has 2 unspecified atom stereocenters. The van der Waals surface area contributed by atoms with E-state index < -0.39 is 0 Å². The Hall–Kier alpha value is -1.55. The summed E-state index contributed by atoms with van der Waals surface area (Å²) in [7, 11) is 0. The molecule has 1 heterocycles. The lowest BCUT2D eigenvalue weighted by Gasteiger charge is -2.28. The number of ether oxygens (including phenoxy) is 1. The molecule has 104 valence electrons. The summed E-state index contributed by atoms with van der Waals surface area (Å²) in [4.78, 5) is 11.1. The molecule has 3 N–H and O–H groups in total. The molecule has 0 aromatic heterocycles. The number of nitrogens with one attached hydrogen (secondary N) is 1. The molecule has 0 saturated carbocycles. The summed E-state index contributed by atoms with van der Waals surface area (Å²) in [6.07, 6.45) is 4.10. The molecule has 1 aliphatic heterocycles. The summed E-state index contributed by atoms with van der Waals surface area (Å²) in [5.74, 6) is 1.27. The van der Waals surface area contributed by atoms with Gasteiger partial charge in [0.25, 0.3) is 0 Å². The molecule has 1 aliphatic rings. The first-order chi connectivity index (χ1) is 9.25. The van der Waals surface area contributed by atoms with Gasteiger partial charge in [-0.2, -0.15) is 0 Å². The standard InChI is InChI=1S/C15H22N2O2/c16-15(18)14-11-12(8-9-17-14)5-4-10-19-13-6-2-1-3-7-13/h1-3,6-7,12,14,17H,4-5,8-11H2,(H2,16,18). The Morgan fingerprint density at radius 2 is 2.16 bits per heavy atom. The Morgan fingerprint density at radius 3 is 2.89 bits per heavy atom. The summed E-state index contributed by atoms with van der Waals surface area (Å²) in [5.41, 5.74) is 5.33. The third-order valence-corrected chi connectivity index (χ3v) is 3.62. The molecule has 0 aliphatic carbocycles. The van der Waals surface area contributed by atoms with E-state index >= 15 is 0 Å². The quantitative estimate of drug-likeness (QED) is 0.767. The highest BCUT2D eigenvalue weighted by Gasteiger charge is 2.24. The molecule has 0 radical (unpaired) electrons. The molecule has 4 heteroatoms. The lowest BCUT2D eigenvalue weighted by molar-refractivity contribution is -0.120. The number of carbonyl (C=O) groups excluding carboxylic acids is 1. The van der Waals surface area contributed by atoms with Gasteiger partial charge < -0.3 is 15.8 Å². The van der Waals surface area contributed by atoms with Crippen molar-refractivity contribution in [2.45, 2.75) is 31.7 Å². The first-order valence-electron chi connectivity index (χ1n) is 6.96. The Bertz CT molecular complexity index is 394. The van der Waals surface area contributed by atoms with Gasteiger partial charge in [-0.3, -0.25) is 4.79 Å². The molecular weight excluding hydrogens is 240 g/mol. The Morgan fingerprint density at radius 1 is 1.37 bits per heavy atom. The van der Waals surface area contributed by atoms with E-state index in [1.165, 1.54) is 0 Å². The summed E-state index contributed by atoms with van der Waals surface area (Å²) in [6.45, 7) is 1.62. The minimum atomic E-state index is -0.231. The third-order valence-electron chi connectivity index (χ3n) is 3.62. The van der Waals surface area contributed by atoms with Crippen LogP contribution in [0.15, 0.2) is 30.3 Å². The number of para-hydroxylation sites is 1. The van der Waals surface area contributed by atoms with Gasteiger partial charge in [0.2, 0.25) is 5.91 Å². The molecular formula is C15H22N2O2. The van der Waals surface area contributed by atoms with Crippen LogP contribution in [-0.2, 0) is 4.79 Å². The second kappa shape index (κ2) is 7.14. The highest BCUT2D eigenvalue weighted by atomic mass is 16.5. The van der Waals surface area contributed by atoms with E-state index in [9.17, 15) is 4.79 Å². The molecule has 1 saturated heterocycles. The van der Waals surface area contributed by atoms with Gasteiger partial charge in [-0.25, -0.2) is 0 Å². The first kappa shape index (κ1) is 13.9.